The summed E-state index contributed by atoms with van der Waals surface area (Å²) in [5, 5.41) is 8.73. The van der Waals surface area contributed by atoms with Crippen LogP contribution >= 0.6 is 11.8 Å². The molecule has 0 fully saturated rings. The Bertz CT molecular complexity index is 480. The van der Waals surface area contributed by atoms with Gasteiger partial charge in [-0.15, -0.1) is 0 Å². The number of thioether (sulfide) groups is 1. The molecule has 0 aliphatic rings. The lowest BCUT2D eigenvalue weighted by atomic mass is 10.1. The van der Waals surface area contributed by atoms with Gasteiger partial charge in [0.25, 0.3) is 0 Å². The molecule has 0 saturated carbocycles. The Morgan fingerprint density at radius 3 is 2.50 bits per heavy atom. The number of hydrogen-bond donors (Lipinski definition) is 1. The van der Waals surface area contributed by atoms with Gasteiger partial charge in [0.05, 0.1) is 6.42 Å². The minimum atomic E-state index is -0.838. The van der Waals surface area contributed by atoms with Crippen LogP contribution in [0, 0.1) is 11.8 Å². The number of carboxylic acids is 1. The topological polar surface area (TPSA) is 54.4 Å². The van der Waals surface area contributed by atoms with Gasteiger partial charge in [0, 0.05) is 24.7 Å². The zero-order valence-corrected chi connectivity index (χ0v) is 10.9. The number of hydrogen-bond acceptors (Lipinski definition) is 3. The molecule has 1 rings (SSSR count). The van der Waals surface area contributed by atoms with E-state index in [-0.39, 0.29) is 11.5 Å². The highest BCUT2D eigenvalue weighted by Crippen LogP contribution is 2.05. The largest absolute Gasteiger partial charge is 0.481 e. The third kappa shape index (κ3) is 6.12. The fourth-order valence-corrected chi connectivity index (χ4v) is 1.78. The van der Waals surface area contributed by atoms with Gasteiger partial charge in [-0.25, -0.2) is 0 Å². The summed E-state index contributed by atoms with van der Waals surface area (Å²) in [7, 11) is 0. The van der Waals surface area contributed by atoms with Crippen molar-refractivity contribution in [1.29, 1.82) is 0 Å². The van der Waals surface area contributed by atoms with E-state index in [9.17, 15) is 9.59 Å². The summed E-state index contributed by atoms with van der Waals surface area (Å²) < 4.78 is 0. The van der Waals surface area contributed by atoms with Crippen molar-refractivity contribution in [3.05, 3.63) is 35.4 Å². The smallest absolute Gasteiger partial charge is 0.307 e. The highest BCUT2D eigenvalue weighted by Gasteiger charge is 1.99. The summed E-state index contributed by atoms with van der Waals surface area (Å²) in [5.41, 5.74) is 1.62. The summed E-state index contributed by atoms with van der Waals surface area (Å²) in [5.74, 6) is 5.82. The molecule has 0 aromatic heterocycles. The van der Waals surface area contributed by atoms with Crippen LogP contribution in [0.15, 0.2) is 24.3 Å². The number of benzene rings is 1. The lowest BCUT2D eigenvalue weighted by Gasteiger charge is -1.96. The number of rotatable bonds is 4. The van der Waals surface area contributed by atoms with E-state index in [0.717, 1.165) is 11.1 Å². The zero-order valence-electron chi connectivity index (χ0n) is 10.1. The first-order valence-corrected chi connectivity index (χ1v) is 6.49. The zero-order chi connectivity index (χ0) is 13.4. The van der Waals surface area contributed by atoms with Gasteiger partial charge in [-0.1, -0.05) is 35.7 Å². The molecule has 1 aromatic carbocycles. The van der Waals surface area contributed by atoms with Gasteiger partial charge in [-0.3, -0.25) is 9.59 Å². The second kappa shape index (κ2) is 7.57. The Labute approximate surface area is 111 Å². The second-order valence-corrected chi connectivity index (χ2v) is 4.93. The summed E-state index contributed by atoms with van der Waals surface area (Å²) in [6, 6.07) is 7.15. The number of aliphatic carboxylic acids is 1. The maximum Gasteiger partial charge on any atom is 0.307 e. The maximum absolute atomic E-state index is 10.7. The van der Waals surface area contributed by atoms with E-state index in [2.05, 4.69) is 11.8 Å². The Morgan fingerprint density at radius 2 is 1.94 bits per heavy atom. The number of carboxylic acid groups (broad SMARTS) is 1. The molecule has 0 bridgehead atoms. The van der Waals surface area contributed by atoms with Crippen molar-refractivity contribution in [2.45, 2.75) is 19.8 Å². The fraction of sp³-hybridized carbons (Fsp3) is 0.286. The maximum atomic E-state index is 10.7. The Balaban J connectivity index is 2.46. The van der Waals surface area contributed by atoms with Gasteiger partial charge in [-0.2, -0.15) is 0 Å². The lowest BCUT2D eigenvalue weighted by molar-refractivity contribution is -0.136. The fourth-order valence-electron chi connectivity index (χ4n) is 1.29. The highest BCUT2D eigenvalue weighted by molar-refractivity contribution is 8.13. The Kier molecular flexibility index (Phi) is 6.03. The summed E-state index contributed by atoms with van der Waals surface area (Å²) in [6.07, 6.45) is 0.698. The van der Waals surface area contributed by atoms with Gasteiger partial charge in [0.1, 0.15) is 0 Å². The monoisotopic (exact) mass is 262 g/mol. The second-order valence-electron chi connectivity index (χ2n) is 3.66. The highest BCUT2D eigenvalue weighted by atomic mass is 32.2. The van der Waals surface area contributed by atoms with E-state index in [4.69, 9.17) is 5.11 Å². The third-order valence-electron chi connectivity index (χ3n) is 2.07. The van der Waals surface area contributed by atoms with Crippen LogP contribution in [0.1, 0.15) is 24.5 Å². The van der Waals surface area contributed by atoms with Crippen LogP contribution in [0.4, 0.5) is 0 Å². The SMILES string of the molecule is CC(=O)SCCC#Cc1ccc(CC(=O)O)cc1. The normalized spacial score (nSPS) is 9.39. The molecular formula is C14H14O3S. The van der Waals surface area contributed by atoms with Gasteiger partial charge in [0.2, 0.25) is 0 Å². The molecule has 0 saturated heterocycles. The first-order valence-electron chi connectivity index (χ1n) is 5.51. The number of carbonyl (C=O) groups is 2. The standard InChI is InChI=1S/C14H14O3S/c1-11(15)18-9-3-2-4-12-5-7-13(8-6-12)10-14(16)17/h5-8H,3,9-10H2,1H3,(H,16,17). The molecule has 0 spiro atoms. The molecule has 0 atom stereocenters. The van der Waals surface area contributed by atoms with E-state index < -0.39 is 5.97 Å². The number of carbonyl (C=O) groups excluding carboxylic acids is 1. The minimum Gasteiger partial charge on any atom is -0.481 e. The lowest BCUT2D eigenvalue weighted by Crippen LogP contribution is -1.99. The van der Waals surface area contributed by atoms with E-state index in [1.165, 1.54) is 11.8 Å². The van der Waals surface area contributed by atoms with E-state index >= 15 is 0 Å². The molecular weight excluding hydrogens is 248 g/mol. The first kappa shape index (κ1) is 14.3. The van der Waals surface area contributed by atoms with Gasteiger partial charge in [0.15, 0.2) is 5.12 Å². The van der Waals surface area contributed by atoms with E-state index in [0.29, 0.717) is 12.2 Å². The van der Waals surface area contributed by atoms with Crippen molar-refractivity contribution in [1.82, 2.24) is 0 Å². The van der Waals surface area contributed by atoms with Crippen LogP contribution < -0.4 is 0 Å². The molecule has 1 N–H and O–H groups in total. The molecule has 3 nitrogen and oxygen atoms in total. The van der Waals surface area contributed by atoms with E-state index in [1.807, 2.05) is 12.1 Å². The molecule has 1 aromatic rings. The van der Waals surface area contributed by atoms with Crippen LogP contribution in [0.25, 0.3) is 0 Å². The van der Waals surface area contributed by atoms with Crippen LogP contribution in [0.3, 0.4) is 0 Å². The third-order valence-corrected chi connectivity index (χ3v) is 2.89. The average Bonchev–Trinajstić information content (AvgIpc) is 2.30. The van der Waals surface area contributed by atoms with Crippen molar-refractivity contribution < 1.29 is 14.7 Å². The van der Waals surface area contributed by atoms with Gasteiger partial charge < -0.3 is 5.11 Å². The summed E-state index contributed by atoms with van der Waals surface area (Å²) in [4.78, 5) is 21.2. The van der Waals surface area contributed by atoms with Crippen molar-refractivity contribution in [3.63, 3.8) is 0 Å². The van der Waals surface area contributed by atoms with Crippen LogP contribution in [0.2, 0.25) is 0 Å². The first-order chi connectivity index (χ1) is 8.58. The van der Waals surface area contributed by atoms with Crippen molar-refractivity contribution in [2.75, 3.05) is 5.75 Å². The van der Waals surface area contributed by atoms with E-state index in [1.54, 1.807) is 19.1 Å². The molecule has 0 aliphatic heterocycles. The average molecular weight is 262 g/mol. The molecule has 0 unspecified atom stereocenters. The predicted molar refractivity (Wildman–Crippen MR) is 72.4 cm³/mol. The van der Waals surface area contributed by atoms with Crippen molar-refractivity contribution in [3.8, 4) is 11.8 Å². The summed E-state index contributed by atoms with van der Waals surface area (Å²) >= 11 is 1.27. The molecule has 4 heteroatoms. The molecule has 0 aliphatic carbocycles. The predicted octanol–water partition coefficient (Wildman–Crippen LogP) is 2.33. The van der Waals surface area contributed by atoms with Crippen LogP contribution in [0.5, 0.6) is 0 Å². The summed E-state index contributed by atoms with van der Waals surface area (Å²) in [6.45, 7) is 1.54. The van der Waals surface area contributed by atoms with Crippen molar-refractivity contribution >= 4 is 22.8 Å². The minimum absolute atomic E-state index is 0.0307. The van der Waals surface area contributed by atoms with Gasteiger partial charge >= 0.3 is 5.97 Å². The van der Waals surface area contributed by atoms with Crippen LogP contribution in [-0.2, 0) is 16.0 Å². The molecule has 18 heavy (non-hydrogen) atoms. The molecule has 0 amide bonds. The van der Waals surface area contributed by atoms with Gasteiger partial charge in [-0.05, 0) is 17.7 Å². The Morgan fingerprint density at radius 1 is 1.28 bits per heavy atom. The molecule has 0 radical (unpaired) electrons. The Hall–Kier alpha value is -1.73. The quantitative estimate of drug-likeness (QED) is 0.668. The molecule has 0 heterocycles. The van der Waals surface area contributed by atoms with Crippen molar-refractivity contribution in [2.24, 2.45) is 0 Å². The molecule has 94 valence electrons. The van der Waals surface area contributed by atoms with Crippen LogP contribution in [-0.4, -0.2) is 21.9 Å².